The highest BCUT2D eigenvalue weighted by Crippen LogP contribution is 2.37. The molecule has 2 N–H and O–H groups in total. The van der Waals surface area contributed by atoms with Crippen molar-refractivity contribution >= 4 is 11.6 Å². The average Bonchev–Trinajstić information content (AvgIpc) is 2.39. The van der Waals surface area contributed by atoms with Crippen LogP contribution < -0.4 is 5.73 Å². The Morgan fingerprint density at radius 1 is 1.47 bits per heavy atom. The van der Waals surface area contributed by atoms with Crippen molar-refractivity contribution in [1.82, 2.24) is 4.90 Å². The van der Waals surface area contributed by atoms with E-state index < -0.39 is 0 Å². The van der Waals surface area contributed by atoms with Gasteiger partial charge in [-0.05, 0) is 56.9 Å². The van der Waals surface area contributed by atoms with Crippen LogP contribution in [0, 0.1) is 11.7 Å². The van der Waals surface area contributed by atoms with E-state index in [0.717, 1.165) is 37.9 Å². The second-order valence-electron chi connectivity index (χ2n) is 5.28. The van der Waals surface area contributed by atoms with Crippen molar-refractivity contribution in [3.63, 3.8) is 0 Å². The monoisotopic (exact) mass is 284 g/mol. The van der Waals surface area contributed by atoms with Crippen LogP contribution in [0.4, 0.5) is 4.39 Å². The zero-order valence-corrected chi connectivity index (χ0v) is 12.2. The van der Waals surface area contributed by atoms with Gasteiger partial charge in [0.15, 0.2) is 0 Å². The Bertz CT molecular complexity index is 423. The summed E-state index contributed by atoms with van der Waals surface area (Å²) in [5.41, 5.74) is 6.64. The van der Waals surface area contributed by atoms with Crippen LogP contribution in [-0.2, 0) is 0 Å². The molecule has 4 heteroatoms. The molecule has 2 rings (SSSR count). The Kier molecular flexibility index (Phi) is 5.20. The highest BCUT2D eigenvalue weighted by Gasteiger charge is 2.32. The summed E-state index contributed by atoms with van der Waals surface area (Å²) in [7, 11) is 0. The molecule has 1 heterocycles. The minimum Gasteiger partial charge on any atom is -0.330 e. The zero-order chi connectivity index (χ0) is 13.8. The summed E-state index contributed by atoms with van der Waals surface area (Å²) in [4.78, 5) is 2.37. The molecule has 0 amide bonds. The molecule has 0 spiro atoms. The highest BCUT2D eigenvalue weighted by molar-refractivity contribution is 6.30. The third kappa shape index (κ3) is 3.28. The Morgan fingerprint density at radius 3 is 2.89 bits per heavy atom. The molecule has 1 saturated heterocycles. The predicted molar refractivity (Wildman–Crippen MR) is 77.8 cm³/mol. The number of hydrogen-bond acceptors (Lipinski definition) is 2. The standard InChI is InChI=1S/C15H22ClFN2/c1-2-7-19-8-3-4-11(10-18)15(19)13-6-5-12(16)9-14(13)17/h5-6,9,11,15H,2-4,7-8,10,18H2,1H3. The van der Waals surface area contributed by atoms with E-state index in [1.807, 2.05) is 6.07 Å². The largest absolute Gasteiger partial charge is 0.330 e. The summed E-state index contributed by atoms with van der Waals surface area (Å²) < 4.78 is 14.2. The maximum absolute atomic E-state index is 14.2. The summed E-state index contributed by atoms with van der Waals surface area (Å²) in [5, 5.41) is 0.448. The first-order chi connectivity index (χ1) is 9.17. The van der Waals surface area contributed by atoms with Crippen molar-refractivity contribution in [3.05, 3.63) is 34.6 Å². The molecule has 1 aliphatic heterocycles. The molecular formula is C15H22ClFN2. The maximum Gasteiger partial charge on any atom is 0.129 e. The van der Waals surface area contributed by atoms with Gasteiger partial charge in [-0.25, -0.2) is 4.39 Å². The lowest BCUT2D eigenvalue weighted by Gasteiger charge is -2.41. The van der Waals surface area contributed by atoms with Crippen LogP contribution in [0.3, 0.4) is 0 Å². The third-order valence-electron chi connectivity index (χ3n) is 3.95. The number of halogens is 2. The van der Waals surface area contributed by atoms with Crippen molar-refractivity contribution in [2.24, 2.45) is 11.7 Å². The first kappa shape index (κ1) is 14.8. The topological polar surface area (TPSA) is 29.3 Å². The van der Waals surface area contributed by atoms with Crippen molar-refractivity contribution in [3.8, 4) is 0 Å². The molecule has 0 bridgehead atoms. The fourth-order valence-electron chi connectivity index (χ4n) is 3.13. The molecule has 0 saturated carbocycles. The summed E-state index contributed by atoms with van der Waals surface area (Å²) in [5.74, 6) is 0.120. The number of nitrogens with zero attached hydrogens (tertiary/aromatic N) is 1. The van der Waals surface area contributed by atoms with Crippen LogP contribution in [0.5, 0.6) is 0 Å². The van der Waals surface area contributed by atoms with Crippen LogP contribution in [0.1, 0.15) is 37.8 Å². The first-order valence-electron chi connectivity index (χ1n) is 7.06. The summed E-state index contributed by atoms with van der Waals surface area (Å²) in [6, 6.07) is 5.09. The molecule has 19 heavy (non-hydrogen) atoms. The smallest absolute Gasteiger partial charge is 0.129 e. The van der Waals surface area contributed by atoms with Gasteiger partial charge in [0.05, 0.1) is 0 Å². The number of piperidine rings is 1. The fourth-order valence-corrected chi connectivity index (χ4v) is 3.29. The van der Waals surface area contributed by atoms with E-state index in [4.69, 9.17) is 17.3 Å². The van der Waals surface area contributed by atoms with Crippen LogP contribution in [-0.4, -0.2) is 24.5 Å². The number of nitrogens with two attached hydrogens (primary N) is 1. The van der Waals surface area contributed by atoms with Crippen LogP contribution >= 0.6 is 11.6 Å². The van der Waals surface area contributed by atoms with E-state index >= 15 is 0 Å². The lowest BCUT2D eigenvalue weighted by atomic mass is 9.84. The Balaban J connectivity index is 2.33. The van der Waals surface area contributed by atoms with E-state index in [1.165, 1.54) is 6.07 Å². The summed E-state index contributed by atoms with van der Waals surface area (Å²) in [6.07, 6.45) is 3.29. The number of rotatable bonds is 4. The Hall–Kier alpha value is -0.640. The Morgan fingerprint density at radius 2 is 2.26 bits per heavy atom. The van der Waals surface area contributed by atoms with Crippen LogP contribution in [0.2, 0.25) is 5.02 Å². The lowest BCUT2D eigenvalue weighted by Crippen LogP contribution is -2.42. The molecule has 0 aliphatic carbocycles. The van der Waals surface area contributed by atoms with Gasteiger partial charge >= 0.3 is 0 Å². The van der Waals surface area contributed by atoms with E-state index in [9.17, 15) is 4.39 Å². The van der Waals surface area contributed by atoms with Crippen LogP contribution in [0.25, 0.3) is 0 Å². The molecule has 0 aromatic heterocycles. The van der Waals surface area contributed by atoms with Gasteiger partial charge in [0.1, 0.15) is 5.82 Å². The fraction of sp³-hybridized carbons (Fsp3) is 0.600. The van der Waals surface area contributed by atoms with E-state index in [-0.39, 0.29) is 11.9 Å². The molecule has 1 aliphatic rings. The molecule has 1 aromatic carbocycles. The second kappa shape index (κ2) is 6.69. The summed E-state index contributed by atoms with van der Waals surface area (Å²) in [6.45, 7) is 4.77. The van der Waals surface area contributed by atoms with Crippen molar-refractivity contribution in [2.75, 3.05) is 19.6 Å². The van der Waals surface area contributed by atoms with Gasteiger partial charge < -0.3 is 5.73 Å². The molecule has 2 nitrogen and oxygen atoms in total. The van der Waals surface area contributed by atoms with Gasteiger partial charge in [-0.2, -0.15) is 0 Å². The van der Waals surface area contributed by atoms with Gasteiger partial charge in [-0.3, -0.25) is 4.90 Å². The van der Waals surface area contributed by atoms with Gasteiger partial charge in [-0.15, -0.1) is 0 Å². The normalized spacial score (nSPS) is 24.6. The lowest BCUT2D eigenvalue weighted by molar-refractivity contribution is 0.0933. The minimum atomic E-state index is -0.209. The zero-order valence-electron chi connectivity index (χ0n) is 11.4. The van der Waals surface area contributed by atoms with Crippen molar-refractivity contribution in [2.45, 2.75) is 32.2 Å². The van der Waals surface area contributed by atoms with E-state index in [0.29, 0.717) is 17.5 Å². The van der Waals surface area contributed by atoms with Gasteiger partial charge in [0.25, 0.3) is 0 Å². The number of benzene rings is 1. The SMILES string of the molecule is CCCN1CCCC(CN)C1c1ccc(Cl)cc1F. The van der Waals surface area contributed by atoms with Gasteiger partial charge in [-0.1, -0.05) is 24.6 Å². The number of likely N-dealkylation sites (tertiary alicyclic amines) is 1. The molecule has 0 radical (unpaired) electrons. The molecule has 2 unspecified atom stereocenters. The van der Waals surface area contributed by atoms with E-state index in [1.54, 1.807) is 6.07 Å². The minimum absolute atomic E-state index is 0.0935. The van der Waals surface area contributed by atoms with Crippen LogP contribution in [0.15, 0.2) is 18.2 Å². The molecule has 106 valence electrons. The number of hydrogen-bond donors (Lipinski definition) is 1. The molecular weight excluding hydrogens is 263 g/mol. The quantitative estimate of drug-likeness (QED) is 0.915. The van der Waals surface area contributed by atoms with Crippen molar-refractivity contribution in [1.29, 1.82) is 0 Å². The highest BCUT2D eigenvalue weighted by atomic mass is 35.5. The summed E-state index contributed by atoms with van der Waals surface area (Å²) >= 11 is 5.85. The Labute approximate surface area is 119 Å². The first-order valence-corrected chi connectivity index (χ1v) is 7.44. The predicted octanol–water partition coefficient (Wildman–Crippen LogP) is 3.60. The molecule has 1 aromatic rings. The second-order valence-corrected chi connectivity index (χ2v) is 5.72. The average molecular weight is 285 g/mol. The molecule has 2 atom stereocenters. The molecule has 1 fully saturated rings. The van der Waals surface area contributed by atoms with E-state index in [2.05, 4.69) is 11.8 Å². The third-order valence-corrected chi connectivity index (χ3v) is 4.19. The van der Waals surface area contributed by atoms with Gasteiger partial charge in [0.2, 0.25) is 0 Å². The van der Waals surface area contributed by atoms with Crippen molar-refractivity contribution < 1.29 is 4.39 Å². The van der Waals surface area contributed by atoms with Gasteiger partial charge in [0, 0.05) is 16.6 Å². The maximum atomic E-state index is 14.2.